The Labute approximate surface area is 178 Å². The third-order valence-corrected chi connectivity index (χ3v) is 6.64. The van der Waals surface area contributed by atoms with Crippen LogP contribution < -0.4 is 5.43 Å². The third kappa shape index (κ3) is 3.80. The van der Waals surface area contributed by atoms with E-state index >= 15 is 0 Å². The number of hydrazine groups is 1. The molecule has 0 saturated carbocycles. The van der Waals surface area contributed by atoms with Gasteiger partial charge >= 0.3 is 0 Å². The summed E-state index contributed by atoms with van der Waals surface area (Å²) in [7, 11) is -3.94. The minimum absolute atomic E-state index is 0.110. The Morgan fingerprint density at radius 1 is 0.967 bits per heavy atom. The van der Waals surface area contributed by atoms with E-state index < -0.39 is 21.0 Å². The molecule has 1 N–H and O–H groups in total. The average Bonchev–Trinajstić information content (AvgIpc) is 3.21. The van der Waals surface area contributed by atoms with Gasteiger partial charge in [0.15, 0.2) is 0 Å². The molecule has 0 aliphatic carbocycles. The van der Waals surface area contributed by atoms with Gasteiger partial charge in [0.2, 0.25) is 0 Å². The normalized spacial score (nSPS) is 16.7. The molecule has 1 aliphatic rings. The summed E-state index contributed by atoms with van der Waals surface area (Å²) in [6, 6.07) is 20.1. The van der Waals surface area contributed by atoms with E-state index in [1.807, 2.05) is 0 Å². The molecular weight excluding hydrogens is 426 g/mol. The maximum absolute atomic E-state index is 13.3. The number of rotatable bonds is 5. The van der Waals surface area contributed by atoms with Crippen molar-refractivity contribution in [3.63, 3.8) is 0 Å². The van der Waals surface area contributed by atoms with Crippen LogP contribution in [-0.4, -0.2) is 17.8 Å². The first-order valence-corrected chi connectivity index (χ1v) is 10.8. The summed E-state index contributed by atoms with van der Waals surface area (Å²) in [6.07, 6.45) is 1.72. The zero-order chi connectivity index (χ0) is 21.3. The summed E-state index contributed by atoms with van der Waals surface area (Å²) in [4.78, 5) is 10.8. The summed E-state index contributed by atoms with van der Waals surface area (Å²) in [6.45, 7) is 0. The number of sulfonamides is 1. The molecule has 0 fully saturated rings. The number of halogens is 1. The second-order valence-electron chi connectivity index (χ2n) is 6.61. The first-order valence-electron chi connectivity index (χ1n) is 8.94. The van der Waals surface area contributed by atoms with Gasteiger partial charge in [-0.15, -0.1) is 4.41 Å². The predicted molar refractivity (Wildman–Crippen MR) is 114 cm³/mol. The van der Waals surface area contributed by atoms with Crippen molar-refractivity contribution in [2.45, 2.75) is 10.9 Å². The molecule has 9 heteroatoms. The van der Waals surface area contributed by atoms with Crippen molar-refractivity contribution in [3.8, 4) is 0 Å². The molecule has 0 aromatic heterocycles. The summed E-state index contributed by atoms with van der Waals surface area (Å²) < 4.78 is 27.8. The van der Waals surface area contributed by atoms with Crippen molar-refractivity contribution >= 4 is 33.0 Å². The quantitative estimate of drug-likeness (QED) is 0.463. The molecule has 4 rings (SSSR count). The second kappa shape index (κ2) is 7.91. The van der Waals surface area contributed by atoms with Gasteiger partial charge in [0.25, 0.3) is 15.7 Å². The van der Waals surface area contributed by atoms with E-state index in [9.17, 15) is 18.5 Å². The number of nitro benzene ring substituents is 1. The number of benzene rings is 3. The van der Waals surface area contributed by atoms with Crippen LogP contribution in [0.25, 0.3) is 5.70 Å². The molecule has 30 heavy (non-hydrogen) atoms. The molecule has 7 nitrogen and oxygen atoms in total. The maximum Gasteiger partial charge on any atom is 0.269 e. The van der Waals surface area contributed by atoms with Gasteiger partial charge in [-0.05, 0) is 41.5 Å². The highest BCUT2D eigenvalue weighted by molar-refractivity contribution is 7.89. The fraction of sp³-hybridized carbons (Fsp3) is 0.0476. The topological polar surface area (TPSA) is 92.6 Å². The number of hydrogen-bond acceptors (Lipinski definition) is 5. The molecule has 1 aliphatic heterocycles. The van der Waals surface area contributed by atoms with Crippen LogP contribution in [0.5, 0.6) is 0 Å². The first kappa shape index (κ1) is 20.1. The van der Waals surface area contributed by atoms with Gasteiger partial charge < -0.3 is 5.43 Å². The Morgan fingerprint density at radius 3 is 2.33 bits per heavy atom. The molecule has 0 amide bonds. The highest BCUT2D eigenvalue weighted by atomic mass is 35.5. The molecule has 1 heterocycles. The zero-order valence-corrected chi connectivity index (χ0v) is 17.0. The van der Waals surface area contributed by atoms with Crippen LogP contribution in [0.15, 0.2) is 89.8 Å². The standard InChI is InChI=1S/C21H16ClN3O4S/c22-17-11-9-15(10-12-17)20-14-21(16-5-4-6-18(13-16)25(26)27)24(23-20)30(28,29)19-7-2-1-3-8-19/h1-14,21,23H/t21-/m1/s1. The molecule has 0 unspecified atom stereocenters. The van der Waals surface area contributed by atoms with E-state index in [1.54, 1.807) is 54.6 Å². The SMILES string of the molecule is O=[N+]([O-])c1cccc([C@H]2C=C(c3ccc(Cl)cc3)NN2S(=O)(=O)c2ccccc2)c1. The van der Waals surface area contributed by atoms with Crippen LogP contribution in [-0.2, 0) is 10.0 Å². The second-order valence-corrected chi connectivity index (χ2v) is 8.86. The summed E-state index contributed by atoms with van der Waals surface area (Å²) in [5.74, 6) is 0. The lowest BCUT2D eigenvalue weighted by Gasteiger charge is -2.24. The Kier molecular flexibility index (Phi) is 5.29. The largest absolute Gasteiger partial charge is 0.304 e. The average molecular weight is 442 g/mol. The number of non-ortho nitro benzene ring substituents is 1. The van der Waals surface area contributed by atoms with Crippen LogP contribution in [0.3, 0.4) is 0 Å². The third-order valence-electron chi connectivity index (χ3n) is 4.69. The number of nitrogens with zero attached hydrogens (tertiary/aromatic N) is 2. The van der Waals surface area contributed by atoms with E-state index in [4.69, 9.17) is 11.6 Å². The Hall–Kier alpha value is -3.20. The van der Waals surface area contributed by atoms with E-state index in [0.29, 0.717) is 16.3 Å². The van der Waals surface area contributed by atoms with Gasteiger partial charge in [-0.25, -0.2) is 8.42 Å². The molecule has 0 saturated heterocycles. The van der Waals surface area contributed by atoms with Crippen LogP contribution in [0, 0.1) is 10.1 Å². The van der Waals surface area contributed by atoms with Gasteiger partial charge in [-0.1, -0.05) is 54.1 Å². The van der Waals surface area contributed by atoms with E-state index in [-0.39, 0.29) is 10.6 Å². The first-order chi connectivity index (χ1) is 14.4. The predicted octanol–water partition coefficient (Wildman–Crippen LogP) is 4.54. The van der Waals surface area contributed by atoms with Gasteiger partial charge in [-0.2, -0.15) is 0 Å². The van der Waals surface area contributed by atoms with E-state index in [0.717, 1.165) is 9.98 Å². The highest BCUT2D eigenvalue weighted by Gasteiger charge is 2.37. The van der Waals surface area contributed by atoms with Crippen molar-refractivity contribution in [1.82, 2.24) is 9.84 Å². The number of nitro groups is 1. The van der Waals surface area contributed by atoms with Crippen LogP contribution in [0.2, 0.25) is 5.02 Å². The van der Waals surface area contributed by atoms with Gasteiger partial charge in [0.05, 0.1) is 21.6 Å². The van der Waals surface area contributed by atoms with Crippen molar-refractivity contribution < 1.29 is 13.3 Å². The Balaban J connectivity index is 1.81. The molecule has 0 radical (unpaired) electrons. The molecule has 3 aromatic carbocycles. The fourth-order valence-electron chi connectivity index (χ4n) is 3.21. The van der Waals surface area contributed by atoms with Crippen LogP contribution in [0.4, 0.5) is 5.69 Å². The summed E-state index contributed by atoms with van der Waals surface area (Å²) in [5.41, 5.74) is 4.61. The van der Waals surface area contributed by atoms with Crippen molar-refractivity contribution in [3.05, 3.63) is 111 Å². The minimum atomic E-state index is -3.94. The summed E-state index contributed by atoms with van der Waals surface area (Å²) >= 11 is 5.96. The molecule has 0 spiro atoms. The molecule has 0 bridgehead atoms. The van der Waals surface area contributed by atoms with Gasteiger partial charge in [0, 0.05) is 17.2 Å². The van der Waals surface area contributed by atoms with Crippen LogP contribution >= 0.6 is 11.6 Å². The monoisotopic (exact) mass is 441 g/mol. The lowest BCUT2D eigenvalue weighted by Crippen LogP contribution is -2.39. The minimum Gasteiger partial charge on any atom is -0.304 e. The molecular formula is C21H16ClN3O4S. The maximum atomic E-state index is 13.3. The van der Waals surface area contributed by atoms with Gasteiger partial charge in [0.1, 0.15) is 0 Å². The molecule has 1 atom stereocenters. The van der Waals surface area contributed by atoms with E-state index in [1.165, 1.54) is 30.3 Å². The fourth-order valence-corrected chi connectivity index (χ4v) is 4.77. The Morgan fingerprint density at radius 2 is 1.67 bits per heavy atom. The number of hydrogen-bond donors (Lipinski definition) is 1. The van der Waals surface area contributed by atoms with Crippen LogP contribution in [0.1, 0.15) is 17.2 Å². The van der Waals surface area contributed by atoms with Crippen molar-refractivity contribution in [2.24, 2.45) is 0 Å². The Bertz CT molecular complexity index is 1230. The highest BCUT2D eigenvalue weighted by Crippen LogP contribution is 2.36. The smallest absolute Gasteiger partial charge is 0.269 e. The van der Waals surface area contributed by atoms with Crippen molar-refractivity contribution in [2.75, 3.05) is 0 Å². The lowest BCUT2D eigenvalue weighted by atomic mass is 10.0. The number of nitrogens with one attached hydrogen (secondary N) is 1. The van der Waals surface area contributed by atoms with E-state index in [2.05, 4.69) is 5.43 Å². The lowest BCUT2D eigenvalue weighted by molar-refractivity contribution is -0.384. The zero-order valence-electron chi connectivity index (χ0n) is 15.5. The molecule has 3 aromatic rings. The molecule has 152 valence electrons. The van der Waals surface area contributed by atoms with Crippen molar-refractivity contribution in [1.29, 1.82) is 0 Å². The van der Waals surface area contributed by atoms with Gasteiger partial charge in [-0.3, -0.25) is 10.1 Å². The summed E-state index contributed by atoms with van der Waals surface area (Å²) in [5, 5.41) is 11.8.